The maximum absolute atomic E-state index is 12.6. The van der Waals surface area contributed by atoms with E-state index in [4.69, 9.17) is 9.84 Å². The lowest BCUT2D eigenvalue weighted by Crippen LogP contribution is -2.19. The van der Waals surface area contributed by atoms with Crippen molar-refractivity contribution in [3.63, 3.8) is 0 Å². The molecule has 2 rings (SSSR count). The Hall–Kier alpha value is -3.43. The molecular weight excluding hydrogens is 344 g/mol. The minimum atomic E-state index is -1.18. The normalized spacial score (nSPS) is 10.7. The highest BCUT2D eigenvalue weighted by Gasteiger charge is 2.30. The van der Waals surface area contributed by atoms with Crippen molar-refractivity contribution < 1.29 is 24.4 Å². The molecule has 10 heteroatoms. The average molecular weight is 362 g/mol. The van der Waals surface area contributed by atoms with Crippen LogP contribution in [0.1, 0.15) is 40.4 Å². The average Bonchev–Trinajstić information content (AvgIpc) is 2.82. The lowest BCUT2D eigenvalue weighted by atomic mass is 10.1. The van der Waals surface area contributed by atoms with Crippen molar-refractivity contribution in [2.45, 2.75) is 26.9 Å². The second kappa shape index (κ2) is 7.21. The number of carboxylic acid groups (broad SMARTS) is 1. The van der Waals surface area contributed by atoms with E-state index in [2.05, 4.69) is 10.4 Å². The molecule has 0 atom stereocenters. The largest absolute Gasteiger partial charge is 0.489 e. The van der Waals surface area contributed by atoms with Crippen molar-refractivity contribution in [1.29, 1.82) is 0 Å². The molecule has 1 aromatic heterocycles. The number of hydrogen-bond donors (Lipinski definition) is 2. The number of hydrogen-bond acceptors (Lipinski definition) is 6. The van der Waals surface area contributed by atoms with Crippen LogP contribution in [-0.2, 0) is 7.05 Å². The number of anilines is 1. The fourth-order valence-corrected chi connectivity index (χ4v) is 2.42. The van der Waals surface area contributed by atoms with Crippen LogP contribution in [0.4, 0.5) is 11.4 Å². The molecule has 1 aromatic carbocycles. The number of rotatable bonds is 6. The van der Waals surface area contributed by atoms with E-state index in [0.29, 0.717) is 0 Å². The van der Waals surface area contributed by atoms with Gasteiger partial charge in [-0.25, -0.2) is 4.79 Å². The van der Waals surface area contributed by atoms with Gasteiger partial charge in [-0.05, 0) is 39.0 Å². The van der Waals surface area contributed by atoms with Crippen molar-refractivity contribution in [3.8, 4) is 5.75 Å². The Labute approximate surface area is 148 Å². The van der Waals surface area contributed by atoms with Gasteiger partial charge in [0.1, 0.15) is 11.4 Å². The summed E-state index contributed by atoms with van der Waals surface area (Å²) in [5.74, 6) is -1.73. The number of aromatic carboxylic acids is 1. The third kappa shape index (κ3) is 3.79. The van der Waals surface area contributed by atoms with Gasteiger partial charge in [0, 0.05) is 7.05 Å². The molecular formula is C16H18N4O6. The Kier molecular flexibility index (Phi) is 5.24. The maximum atomic E-state index is 12.6. The predicted molar refractivity (Wildman–Crippen MR) is 91.7 cm³/mol. The van der Waals surface area contributed by atoms with Crippen LogP contribution in [0.5, 0.6) is 5.75 Å². The van der Waals surface area contributed by atoms with Crippen molar-refractivity contribution in [2.75, 3.05) is 5.32 Å². The number of ether oxygens (including phenoxy) is 1. The predicted octanol–water partition coefficient (Wildman–Crippen LogP) is 2.37. The van der Waals surface area contributed by atoms with Crippen LogP contribution in [0.2, 0.25) is 0 Å². The first kappa shape index (κ1) is 18.9. The summed E-state index contributed by atoms with van der Waals surface area (Å²) >= 11 is 0. The molecule has 0 aliphatic heterocycles. The molecule has 2 N–H and O–H groups in total. The zero-order chi connectivity index (χ0) is 19.6. The zero-order valence-electron chi connectivity index (χ0n) is 14.6. The quantitative estimate of drug-likeness (QED) is 0.594. The van der Waals surface area contributed by atoms with Gasteiger partial charge in [0.2, 0.25) is 5.69 Å². The number of carbonyl (C=O) groups excluding carboxylic acids is 1. The second-order valence-electron chi connectivity index (χ2n) is 5.80. The Morgan fingerprint density at radius 3 is 2.58 bits per heavy atom. The van der Waals surface area contributed by atoms with E-state index in [1.807, 2.05) is 0 Å². The Bertz CT molecular complexity index is 887. The van der Waals surface area contributed by atoms with Gasteiger partial charge in [-0.1, -0.05) is 0 Å². The summed E-state index contributed by atoms with van der Waals surface area (Å²) in [5.41, 5.74) is -0.529. The van der Waals surface area contributed by atoms with Crippen molar-refractivity contribution in [1.82, 2.24) is 9.78 Å². The van der Waals surface area contributed by atoms with Crippen molar-refractivity contribution in [2.24, 2.45) is 7.05 Å². The van der Waals surface area contributed by atoms with Crippen LogP contribution < -0.4 is 10.1 Å². The first-order chi connectivity index (χ1) is 12.1. The van der Waals surface area contributed by atoms with Gasteiger partial charge in [0.15, 0.2) is 0 Å². The lowest BCUT2D eigenvalue weighted by molar-refractivity contribution is -0.385. The Morgan fingerprint density at radius 2 is 2.04 bits per heavy atom. The fourth-order valence-electron chi connectivity index (χ4n) is 2.42. The molecule has 0 unspecified atom stereocenters. The number of carbonyl (C=O) groups is 2. The third-order valence-corrected chi connectivity index (χ3v) is 3.43. The third-order valence-electron chi connectivity index (χ3n) is 3.43. The summed E-state index contributed by atoms with van der Waals surface area (Å²) < 4.78 is 6.67. The molecule has 0 spiro atoms. The number of carboxylic acids is 1. The van der Waals surface area contributed by atoms with Gasteiger partial charge >= 0.3 is 11.7 Å². The number of nitro groups is 1. The van der Waals surface area contributed by atoms with Gasteiger partial charge < -0.3 is 15.2 Å². The van der Waals surface area contributed by atoms with Gasteiger partial charge in [0.05, 0.1) is 22.3 Å². The number of nitrogens with zero attached hydrogens (tertiary/aromatic N) is 3. The van der Waals surface area contributed by atoms with E-state index < -0.39 is 22.5 Å². The molecule has 138 valence electrons. The van der Waals surface area contributed by atoms with Gasteiger partial charge in [-0.3, -0.25) is 19.6 Å². The molecule has 10 nitrogen and oxygen atoms in total. The molecule has 0 saturated heterocycles. The summed E-state index contributed by atoms with van der Waals surface area (Å²) in [4.78, 5) is 34.4. The fraction of sp³-hybridized carbons (Fsp3) is 0.312. The van der Waals surface area contributed by atoms with Crippen LogP contribution in [0, 0.1) is 17.0 Å². The van der Waals surface area contributed by atoms with E-state index in [1.165, 1.54) is 32.2 Å². The Morgan fingerprint density at radius 1 is 1.38 bits per heavy atom. The van der Waals surface area contributed by atoms with E-state index in [-0.39, 0.29) is 34.5 Å². The number of aryl methyl sites for hydroxylation is 2. The second-order valence-corrected chi connectivity index (χ2v) is 5.80. The highest BCUT2D eigenvalue weighted by molar-refractivity contribution is 6.07. The molecule has 0 fully saturated rings. The van der Waals surface area contributed by atoms with E-state index in [1.54, 1.807) is 13.8 Å². The Balaban J connectivity index is 2.47. The molecule has 1 amide bonds. The van der Waals surface area contributed by atoms with Crippen LogP contribution in [-0.4, -0.2) is 37.8 Å². The van der Waals surface area contributed by atoms with E-state index >= 15 is 0 Å². The van der Waals surface area contributed by atoms with Crippen LogP contribution in [0.25, 0.3) is 0 Å². The minimum Gasteiger partial charge on any atom is -0.489 e. The highest BCUT2D eigenvalue weighted by Crippen LogP contribution is 2.29. The van der Waals surface area contributed by atoms with Gasteiger partial charge in [0.25, 0.3) is 5.91 Å². The van der Waals surface area contributed by atoms with Gasteiger partial charge in [-0.2, -0.15) is 5.10 Å². The minimum absolute atomic E-state index is 0.0629. The lowest BCUT2D eigenvalue weighted by Gasteiger charge is -2.15. The van der Waals surface area contributed by atoms with Crippen molar-refractivity contribution in [3.05, 3.63) is 45.3 Å². The zero-order valence-corrected chi connectivity index (χ0v) is 14.6. The van der Waals surface area contributed by atoms with Crippen LogP contribution in [0.3, 0.4) is 0 Å². The molecule has 0 radical (unpaired) electrons. The maximum Gasteiger partial charge on any atom is 0.335 e. The molecule has 2 aromatic rings. The summed E-state index contributed by atoms with van der Waals surface area (Å²) in [6.45, 7) is 4.96. The molecule has 26 heavy (non-hydrogen) atoms. The monoisotopic (exact) mass is 362 g/mol. The highest BCUT2D eigenvalue weighted by atomic mass is 16.6. The molecule has 0 aliphatic rings. The van der Waals surface area contributed by atoms with E-state index in [0.717, 1.165) is 4.68 Å². The van der Waals surface area contributed by atoms with Gasteiger partial charge in [-0.15, -0.1) is 0 Å². The smallest absolute Gasteiger partial charge is 0.335 e. The first-order valence-corrected chi connectivity index (χ1v) is 7.65. The number of amides is 1. The summed E-state index contributed by atoms with van der Waals surface area (Å²) in [7, 11) is 1.41. The number of aromatic nitrogens is 2. The molecule has 0 bridgehead atoms. The number of nitrogens with one attached hydrogen (secondary N) is 1. The van der Waals surface area contributed by atoms with Crippen molar-refractivity contribution >= 4 is 23.3 Å². The number of benzene rings is 1. The first-order valence-electron chi connectivity index (χ1n) is 7.65. The van der Waals surface area contributed by atoms with Crippen LogP contribution in [0.15, 0.2) is 18.2 Å². The summed E-state index contributed by atoms with van der Waals surface area (Å²) in [6.07, 6.45) is -0.227. The molecule has 0 aliphatic carbocycles. The SMILES string of the molecule is Cc1nn(C)c(C(=O)Nc2cc(C(=O)O)ccc2OC(C)C)c1[N+](=O)[O-]. The molecule has 1 heterocycles. The molecule has 0 saturated carbocycles. The topological polar surface area (TPSA) is 137 Å². The summed E-state index contributed by atoms with van der Waals surface area (Å²) in [5, 5.41) is 26.8. The van der Waals surface area contributed by atoms with E-state index in [9.17, 15) is 19.7 Å². The standard InChI is InChI=1S/C16H18N4O6/c1-8(2)26-12-6-5-10(16(22)23)7-11(12)17-15(21)14-13(20(24)25)9(3)18-19(14)4/h5-8H,1-4H3,(H,17,21)(H,22,23). The summed E-state index contributed by atoms with van der Waals surface area (Å²) in [6, 6.07) is 3.99. The van der Waals surface area contributed by atoms with Crippen LogP contribution >= 0.6 is 0 Å².